The molecule has 0 bridgehead atoms. The first-order chi connectivity index (χ1) is 10.6. The molecule has 0 aromatic carbocycles. The van der Waals surface area contributed by atoms with Gasteiger partial charge in [-0.25, -0.2) is 9.78 Å². The lowest BCUT2D eigenvalue weighted by Crippen LogP contribution is -2.64. The third-order valence-corrected chi connectivity index (χ3v) is 6.34. The van der Waals surface area contributed by atoms with Crippen molar-refractivity contribution in [1.29, 1.82) is 0 Å². The Morgan fingerprint density at radius 1 is 1.59 bits per heavy atom. The van der Waals surface area contributed by atoms with Crippen LogP contribution in [0.4, 0.5) is 0 Å². The predicted octanol–water partition coefficient (Wildman–Crippen LogP) is -0.0383. The maximum Gasteiger partial charge on any atom is 0.327 e. The van der Waals surface area contributed by atoms with E-state index in [1.165, 1.54) is 16.7 Å². The number of rotatable bonds is 7. The van der Waals surface area contributed by atoms with Crippen molar-refractivity contribution in [3.8, 4) is 0 Å². The number of hydrogen-bond donors (Lipinski definition) is 2. The fourth-order valence-electron chi connectivity index (χ4n) is 2.74. The van der Waals surface area contributed by atoms with Crippen LogP contribution in [0.25, 0.3) is 0 Å². The van der Waals surface area contributed by atoms with Crippen LogP contribution < -0.4 is 0 Å². The zero-order chi connectivity index (χ0) is 15.7. The standard InChI is InChI=1S/C13H17N3O4S2/c17-9(6-21-4-3-15-2-1-14-7-15)10-11(18)16-8(13(19)20)5-22-12(10)16/h1-2,7-10,12,17H,3-6H2,(H,19,20)/t8?,9-,10?,12?/m0/s1. The minimum absolute atomic E-state index is 0.183. The van der Waals surface area contributed by atoms with Gasteiger partial charge in [-0.3, -0.25) is 4.79 Å². The van der Waals surface area contributed by atoms with Gasteiger partial charge in [0.25, 0.3) is 0 Å². The fraction of sp³-hybridized carbons (Fsp3) is 0.615. The Balaban J connectivity index is 1.44. The van der Waals surface area contributed by atoms with Gasteiger partial charge < -0.3 is 19.7 Å². The second-order valence-corrected chi connectivity index (χ2v) is 7.59. The van der Waals surface area contributed by atoms with Gasteiger partial charge in [0.2, 0.25) is 5.91 Å². The lowest BCUT2D eigenvalue weighted by molar-refractivity contribution is -0.166. The monoisotopic (exact) mass is 343 g/mol. The number of aliphatic hydroxyl groups is 1. The van der Waals surface area contributed by atoms with Gasteiger partial charge in [0, 0.05) is 36.2 Å². The number of aromatic nitrogens is 2. The number of nitrogens with zero attached hydrogens (tertiary/aromatic N) is 3. The van der Waals surface area contributed by atoms with Gasteiger partial charge in [-0.1, -0.05) is 0 Å². The van der Waals surface area contributed by atoms with Gasteiger partial charge in [0.1, 0.15) is 6.04 Å². The zero-order valence-corrected chi connectivity index (χ0v) is 13.4. The molecule has 1 aromatic rings. The molecule has 22 heavy (non-hydrogen) atoms. The summed E-state index contributed by atoms with van der Waals surface area (Å²) >= 11 is 3.03. The third kappa shape index (κ3) is 2.84. The molecule has 120 valence electrons. The number of carbonyl (C=O) groups is 2. The number of carboxylic acid groups (broad SMARTS) is 1. The number of carboxylic acids is 1. The summed E-state index contributed by atoms with van der Waals surface area (Å²) in [6, 6.07) is -0.736. The quantitative estimate of drug-likeness (QED) is 0.530. The van der Waals surface area contributed by atoms with E-state index in [0.29, 0.717) is 11.5 Å². The zero-order valence-electron chi connectivity index (χ0n) is 11.7. The molecule has 2 saturated heterocycles. The molecule has 3 unspecified atom stereocenters. The van der Waals surface area contributed by atoms with E-state index in [1.54, 1.807) is 24.3 Å². The van der Waals surface area contributed by atoms with Crippen molar-refractivity contribution in [2.45, 2.75) is 24.1 Å². The molecule has 7 nitrogen and oxygen atoms in total. The second-order valence-electron chi connectivity index (χ2n) is 5.29. The molecule has 0 aliphatic carbocycles. The highest BCUT2D eigenvalue weighted by atomic mass is 32.2. The summed E-state index contributed by atoms with van der Waals surface area (Å²) in [5.74, 6) is 0.0515. The minimum Gasteiger partial charge on any atom is -0.480 e. The van der Waals surface area contributed by atoms with Gasteiger partial charge in [0.15, 0.2) is 0 Å². The Labute approximate surface area is 136 Å². The average Bonchev–Trinajstić information content (AvgIpc) is 3.10. The topological polar surface area (TPSA) is 95.7 Å². The molecule has 4 atom stereocenters. The molecule has 0 radical (unpaired) electrons. The van der Waals surface area contributed by atoms with Crippen molar-refractivity contribution in [2.24, 2.45) is 5.92 Å². The molecule has 0 spiro atoms. The summed E-state index contributed by atoms with van der Waals surface area (Å²) in [4.78, 5) is 28.5. The Morgan fingerprint density at radius 3 is 3.09 bits per heavy atom. The van der Waals surface area contributed by atoms with Gasteiger partial charge in [-0.05, 0) is 0 Å². The highest BCUT2D eigenvalue weighted by Gasteiger charge is 2.58. The van der Waals surface area contributed by atoms with E-state index in [4.69, 9.17) is 5.11 Å². The molecule has 2 aliphatic heterocycles. The van der Waals surface area contributed by atoms with E-state index in [2.05, 4.69) is 4.98 Å². The van der Waals surface area contributed by atoms with Crippen LogP contribution in [0.2, 0.25) is 0 Å². The Kier molecular flexibility index (Phi) is 4.65. The number of aliphatic carboxylic acids is 1. The number of imidazole rings is 1. The molecule has 1 aromatic heterocycles. The number of amides is 1. The van der Waals surface area contributed by atoms with Crippen LogP contribution in [0.3, 0.4) is 0 Å². The van der Waals surface area contributed by atoms with Crippen molar-refractivity contribution in [3.63, 3.8) is 0 Å². The number of thioether (sulfide) groups is 2. The molecule has 2 fully saturated rings. The van der Waals surface area contributed by atoms with Gasteiger partial charge in [-0.2, -0.15) is 11.8 Å². The normalized spacial score (nSPS) is 28.3. The van der Waals surface area contributed by atoms with Crippen LogP contribution in [0.15, 0.2) is 18.7 Å². The molecular formula is C13H17N3O4S2. The highest BCUT2D eigenvalue weighted by molar-refractivity contribution is 8.00. The molecule has 3 heterocycles. The highest BCUT2D eigenvalue weighted by Crippen LogP contribution is 2.45. The van der Waals surface area contributed by atoms with Crippen LogP contribution in [-0.2, 0) is 16.1 Å². The molecular weight excluding hydrogens is 326 g/mol. The van der Waals surface area contributed by atoms with Crippen LogP contribution in [0.1, 0.15) is 0 Å². The summed E-state index contributed by atoms with van der Waals surface area (Å²) < 4.78 is 1.96. The smallest absolute Gasteiger partial charge is 0.327 e. The van der Waals surface area contributed by atoms with E-state index in [9.17, 15) is 14.7 Å². The molecule has 1 amide bonds. The molecule has 0 saturated carbocycles. The number of carbonyl (C=O) groups excluding carboxylic acids is 1. The largest absolute Gasteiger partial charge is 0.480 e. The maximum atomic E-state index is 12.1. The first-order valence-corrected chi connectivity index (χ1v) is 9.18. The molecule has 2 N–H and O–H groups in total. The maximum absolute atomic E-state index is 12.1. The van der Waals surface area contributed by atoms with Crippen molar-refractivity contribution in [1.82, 2.24) is 14.5 Å². The molecule has 3 rings (SSSR count). The average molecular weight is 343 g/mol. The summed E-state index contributed by atoms with van der Waals surface area (Å²) in [7, 11) is 0. The number of aryl methyl sites for hydroxylation is 1. The fourth-order valence-corrected chi connectivity index (χ4v) is 5.29. The van der Waals surface area contributed by atoms with E-state index in [0.717, 1.165) is 12.3 Å². The van der Waals surface area contributed by atoms with Crippen LogP contribution in [-0.4, -0.2) is 71.3 Å². The summed E-state index contributed by atoms with van der Waals surface area (Å²) in [6.07, 6.45) is 4.62. The summed E-state index contributed by atoms with van der Waals surface area (Å²) in [6.45, 7) is 0.807. The first-order valence-electron chi connectivity index (χ1n) is 6.97. The van der Waals surface area contributed by atoms with Crippen molar-refractivity contribution < 1.29 is 19.8 Å². The lowest BCUT2D eigenvalue weighted by Gasteiger charge is -2.45. The van der Waals surface area contributed by atoms with E-state index >= 15 is 0 Å². The third-order valence-electron chi connectivity index (χ3n) is 3.92. The van der Waals surface area contributed by atoms with Crippen molar-refractivity contribution in [2.75, 3.05) is 17.3 Å². The Bertz CT molecular complexity index is 553. The lowest BCUT2D eigenvalue weighted by atomic mass is 9.91. The van der Waals surface area contributed by atoms with Gasteiger partial charge >= 0.3 is 5.97 Å². The number of hydrogen-bond acceptors (Lipinski definition) is 6. The van der Waals surface area contributed by atoms with Gasteiger partial charge in [0.05, 0.1) is 23.7 Å². The van der Waals surface area contributed by atoms with E-state index in [-0.39, 0.29) is 11.3 Å². The van der Waals surface area contributed by atoms with Crippen LogP contribution in [0, 0.1) is 5.92 Å². The van der Waals surface area contributed by atoms with Crippen LogP contribution >= 0.6 is 23.5 Å². The van der Waals surface area contributed by atoms with Crippen LogP contribution in [0.5, 0.6) is 0 Å². The SMILES string of the molecule is O=C(O)C1CSC2C([C@@H](O)CSCCn3ccnc3)C(=O)N12. The van der Waals surface area contributed by atoms with Gasteiger partial charge in [-0.15, -0.1) is 11.8 Å². The number of fused-ring (bicyclic) bond motifs is 1. The van der Waals surface area contributed by atoms with E-state index < -0.39 is 24.0 Å². The Morgan fingerprint density at radius 2 is 2.41 bits per heavy atom. The van der Waals surface area contributed by atoms with Crippen molar-refractivity contribution >= 4 is 35.4 Å². The molecule has 9 heteroatoms. The number of aliphatic hydroxyl groups excluding tert-OH is 1. The second kappa shape index (κ2) is 6.51. The summed E-state index contributed by atoms with van der Waals surface area (Å²) in [5, 5.41) is 19.1. The predicted molar refractivity (Wildman–Crippen MR) is 83.6 cm³/mol. The minimum atomic E-state index is -0.967. The van der Waals surface area contributed by atoms with Crippen molar-refractivity contribution in [3.05, 3.63) is 18.7 Å². The van der Waals surface area contributed by atoms with E-state index in [1.807, 2.05) is 10.8 Å². The Hall–Kier alpha value is -1.19. The summed E-state index contributed by atoms with van der Waals surface area (Å²) in [5.41, 5.74) is 0. The first kappa shape index (κ1) is 15.7. The number of β-lactam (4-membered cyclic amide) rings is 1. The molecule has 2 aliphatic rings.